The molecule has 0 radical (unpaired) electrons. The van der Waals surface area contributed by atoms with Crippen molar-refractivity contribution in [1.29, 1.82) is 0 Å². The van der Waals surface area contributed by atoms with Crippen molar-refractivity contribution in [3.05, 3.63) is 52.4 Å². The van der Waals surface area contributed by atoms with E-state index in [2.05, 4.69) is 20.9 Å². The Hall–Kier alpha value is -1.46. The molecule has 2 rings (SSSR count). The summed E-state index contributed by atoms with van der Waals surface area (Å²) in [7, 11) is 0. The van der Waals surface area contributed by atoms with Gasteiger partial charge in [-0.25, -0.2) is 9.37 Å². The molecule has 0 aliphatic heterocycles. The fourth-order valence-electron chi connectivity index (χ4n) is 1.39. The van der Waals surface area contributed by atoms with Gasteiger partial charge in [-0.3, -0.25) is 0 Å². The molecule has 0 spiro atoms. The highest BCUT2D eigenvalue weighted by molar-refractivity contribution is 9.10. The molecule has 5 heteroatoms. The average Bonchev–Trinajstić information content (AvgIpc) is 2.33. The van der Waals surface area contributed by atoms with Gasteiger partial charge in [0.15, 0.2) is 11.6 Å². The van der Waals surface area contributed by atoms with Crippen LogP contribution in [0.25, 0.3) is 0 Å². The lowest BCUT2D eigenvalue weighted by molar-refractivity contribution is 0.427. The quantitative estimate of drug-likeness (QED) is 0.938. The van der Waals surface area contributed by atoms with Gasteiger partial charge < -0.3 is 10.5 Å². The fourth-order valence-corrected chi connectivity index (χ4v) is 1.73. The lowest BCUT2D eigenvalue weighted by atomic mass is 10.2. The minimum absolute atomic E-state index is 0.0871. The molecule has 3 nitrogen and oxygen atoms in total. The summed E-state index contributed by atoms with van der Waals surface area (Å²) in [5, 5.41) is 0. The van der Waals surface area contributed by atoms with E-state index in [1.165, 1.54) is 6.07 Å². The number of hydrogen-bond acceptors (Lipinski definition) is 3. The number of hydrogen-bond donors (Lipinski definition) is 1. The Bertz CT molecular complexity index is 543. The van der Waals surface area contributed by atoms with E-state index in [-0.39, 0.29) is 11.8 Å². The van der Waals surface area contributed by atoms with Crippen LogP contribution in [0, 0.1) is 5.82 Å². The molecule has 0 fully saturated rings. The molecule has 0 aliphatic rings. The molecule has 0 unspecified atom stereocenters. The van der Waals surface area contributed by atoms with Crippen LogP contribution in [0.5, 0.6) is 11.6 Å². The molecule has 0 saturated heterocycles. The minimum Gasteiger partial charge on any atom is -0.436 e. The Kier molecular flexibility index (Phi) is 3.93. The van der Waals surface area contributed by atoms with Gasteiger partial charge in [0.1, 0.15) is 0 Å². The van der Waals surface area contributed by atoms with Crippen LogP contribution in [0.4, 0.5) is 4.39 Å². The number of nitrogens with two attached hydrogens (primary N) is 1. The second-order valence-corrected chi connectivity index (χ2v) is 4.81. The lowest BCUT2D eigenvalue weighted by Gasteiger charge is -2.08. The van der Waals surface area contributed by atoms with Crippen molar-refractivity contribution in [3.8, 4) is 11.6 Å². The Labute approximate surface area is 113 Å². The number of pyridine rings is 1. The number of aromatic nitrogens is 1. The molecule has 0 saturated carbocycles. The van der Waals surface area contributed by atoms with E-state index >= 15 is 0 Å². The van der Waals surface area contributed by atoms with E-state index in [0.717, 1.165) is 5.56 Å². The number of nitrogens with zero attached hydrogens (tertiary/aromatic N) is 1. The maximum atomic E-state index is 13.5. The topological polar surface area (TPSA) is 48.1 Å². The molecular weight excluding hydrogens is 299 g/mol. The normalized spacial score (nSPS) is 12.2. The largest absolute Gasteiger partial charge is 0.436 e. The van der Waals surface area contributed by atoms with E-state index < -0.39 is 5.82 Å². The van der Waals surface area contributed by atoms with Gasteiger partial charge >= 0.3 is 0 Å². The summed E-state index contributed by atoms with van der Waals surface area (Å²) in [6, 6.07) is 7.97. The Morgan fingerprint density at radius 1 is 1.33 bits per heavy atom. The van der Waals surface area contributed by atoms with Crippen molar-refractivity contribution in [1.82, 2.24) is 4.98 Å². The van der Waals surface area contributed by atoms with Crippen molar-refractivity contribution in [2.75, 3.05) is 0 Å². The van der Waals surface area contributed by atoms with Crippen molar-refractivity contribution in [2.45, 2.75) is 13.0 Å². The highest BCUT2D eigenvalue weighted by Crippen LogP contribution is 2.26. The van der Waals surface area contributed by atoms with E-state index in [4.69, 9.17) is 10.5 Å². The molecule has 1 heterocycles. The molecule has 2 aromatic rings. The fraction of sp³-hybridized carbons (Fsp3) is 0.154. The zero-order chi connectivity index (χ0) is 13.1. The van der Waals surface area contributed by atoms with Crippen molar-refractivity contribution < 1.29 is 9.13 Å². The smallest absolute Gasteiger partial charge is 0.219 e. The summed E-state index contributed by atoms with van der Waals surface area (Å²) in [6.45, 7) is 1.87. The predicted octanol–water partition coefficient (Wildman–Crippen LogP) is 3.80. The Balaban J connectivity index is 2.18. The predicted molar refractivity (Wildman–Crippen MR) is 71.0 cm³/mol. The van der Waals surface area contributed by atoms with Gasteiger partial charge in [-0.2, -0.15) is 0 Å². The first-order valence-corrected chi connectivity index (χ1v) is 6.20. The van der Waals surface area contributed by atoms with Gasteiger partial charge in [-0.1, -0.05) is 22.0 Å². The van der Waals surface area contributed by atoms with Gasteiger partial charge in [-0.05, 0) is 30.7 Å². The van der Waals surface area contributed by atoms with E-state index in [1.54, 1.807) is 24.4 Å². The average molecular weight is 311 g/mol. The van der Waals surface area contributed by atoms with Crippen molar-refractivity contribution in [3.63, 3.8) is 0 Å². The molecular formula is C13H12BrFN2O. The third-order valence-corrected chi connectivity index (χ3v) is 2.89. The van der Waals surface area contributed by atoms with Gasteiger partial charge in [0.25, 0.3) is 0 Å². The van der Waals surface area contributed by atoms with Crippen LogP contribution in [0.3, 0.4) is 0 Å². The van der Waals surface area contributed by atoms with Gasteiger partial charge in [-0.15, -0.1) is 0 Å². The van der Waals surface area contributed by atoms with Gasteiger partial charge in [0.2, 0.25) is 5.88 Å². The lowest BCUT2D eigenvalue weighted by Crippen LogP contribution is -2.05. The first-order chi connectivity index (χ1) is 8.56. The number of ether oxygens (including phenoxy) is 1. The van der Waals surface area contributed by atoms with Crippen LogP contribution in [0.15, 0.2) is 41.0 Å². The van der Waals surface area contributed by atoms with Crippen LogP contribution >= 0.6 is 15.9 Å². The van der Waals surface area contributed by atoms with Crippen LogP contribution < -0.4 is 10.5 Å². The summed E-state index contributed by atoms with van der Waals surface area (Å²) in [5.41, 5.74) is 6.61. The maximum absolute atomic E-state index is 13.5. The second-order valence-electron chi connectivity index (χ2n) is 3.90. The van der Waals surface area contributed by atoms with Crippen molar-refractivity contribution >= 4 is 15.9 Å². The van der Waals surface area contributed by atoms with E-state index in [1.807, 2.05) is 13.0 Å². The van der Waals surface area contributed by atoms with Crippen LogP contribution in [-0.2, 0) is 0 Å². The third kappa shape index (κ3) is 3.05. The number of benzene rings is 1. The van der Waals surface area contributed by atoms with Crippen molar-refractivity contribution in [2.24, 2.45) is 5.73 Å². The molecule has 0 amide bonds. The van der Waals surface area contributed by atoms with Crippen LogP contribution in [0.2, 0.25) is 0 Å². The molecule has 0 aliphatic carbocycles. The zero-order valence-corrected chi connectivity index (χ0v) is 11.3. The van der Waals surface area contributed by atoms with Crippen LogP contribution in [-0.4, -0.2) is 4.98 Å². The molecule has 94 valence electrons. The monoisotopic (exact) mass is 310 g/mol. The molecule has 18 heavy (non-hydrogen) atoms. The summed E-state index contributed by atoms with van der Waals surface area (Å²) in [6.07, 6.45) is 1.62. The maximum Gasteiger partial charge on any atom is 0.219 e. The Morgan fingerprint density at radius 3 is 2.67 bits per heavy atom. The number of rotatable bonds is 3. The van der Waals surface area contributed by atoms with Crippen LogP contribution in [0.1, 0.15) is 18.5 Å². The van der Waals surface area contributed by atoms with Gasteiger partial charge in [0.05, 0.1) is 0 Å². The minimum atomic E-state index is -0.442. The molecule has 1 aromatic heterocycles. The highest BCUT2D eigenvalue weighted by Gasteiger charge is 2.07. The SMILES string of the molecule is C[C@@H](N)c1ccc(Oc2ccc(Br)cc2F)nc1. The van der Waals surface area contributed by atoms with E-state index in [9.17, 15) is 4.39 Å². The molecule has 1 aromatic carbocycles. The first kappa shape index (κ1) is 13.0. The molecule has 0 bridgehead atoms. The standard InChI is InChI=1S/C13H12BrFN2O/c1-8(16)9-2-5-13(17-7-9)18-12-4-3-10(14)6-11(12)15/h2-8H,16H2,1H3/t8-/m1/s1. The summed E-state index contributed by atoms with van der Waals surface area (Å²) in [5.74, 6) is 0.0299. The summed E-state index contributed by atoms with van der Waals surface area (Å²) in [4.78, 5) is 4.08. The Morgan fingerprint density at radius 2 is 2.11 bits per heavy atom. The van der Waals surface area contributed by atoms with E-state index in [0.29, 0.717) is 10.4 Å². The summed E-state index contributed by atoms with van der Waals surface area (Å²) >= 11 is 3.18. The summed E-state index contributed by atoms with van der Waals surface area (Å²) < 4.78 is 19.6. The highest BCUT2D eigenvalue weighted by atomic mass is 79.9. The zero-order valence-electron chi connectivity index (χ0n) is 9.73. The second kappa shape index (κ2) is 5.46. The first-order valence-electron chi connectivity index (χ1n) is 5.40. The molecule has 2 N–H and O–H groups in total. The molecule has 1 atom stereocenters. The number of halogens is 2. The third-order valence-electron chi connectivity index (χ3n) is 2.39. The van der Waals surface area contributed by atoms with Gasteiger partial charge in [0, 0.05) is 22.8 Å².